The average Bonchev–Trinajstić information content (AvgIpc) is 2.73. The van der Waals surface area contributed by atoms with Crippen molar-refractivity contribution in [2.75, 3.05) is 60.5 Å². The third kappa shape index (κ3) is 6.70. The van der Waals surface area contributed by atoms with Crippen molar-refractivity contribution in [1.29, 1.82) is 0 Å². The molecule has 0 aromatic rings. The van der Waals surface area contributed by atoms with Gasteiger partial charge in [0.05, 0.1) is 6.61 Å². The Morgan fingerprint density at radius 1 is 1.37 bits per heavy atom. The van der Waals surface area contributed by atoms with E-state index in [0.29, 0.717) is 12.0 Å². The minimum absolute atomic E-state index is 0.481. The van der Waals surface area contributed by atoms with E-state index in [9.17, 15) is 0 Å². The molecule has 4 heteroatoms. The minimum atomic E-state index is 0.481. The quantitative estimate of drug-likeness (QED) is 0.680. The molecular weight excluding hydrogens is 238 g/mol. The van der Waals surface area contributed by atoms with Gasteiger partial charge in [-0.25, -0.2) is 0 Å². The van der Waals surface area contributed by atoms with E-state index in [-0.39, 0.29) is 0 Å². The molecule has 0 saturated carbocycles. The molecule has 0 aromatic heterocycles. The fourth-order valence-corrected chi connectivity index (χ4v) is 2.80. The Hall–Kier alpha value is -0.160. The topological polar surface area (TPSA) is 27.7 Å². The van der Waals surface area contributed by atoms with E-state index >= 15 is 0 Å². The number of methoxy groups -OCH3 is 1. The number of likely N-dealkylation sites (tertiary alicyclic amines) is 1. The highest BCUT2D eigenvalue weighted by atomic mass is 16.5. The summed E-state index contributed by atoms with van der Waals surface area (Å²) in [5, 5.41) is 3.55. The lowest BCUT2D eigenvalue weighted by Gasteiger charge is -2.30. The first-order valence-electron chi connectivity index (χ1n) is 7.61. The first kappa shape index (κ1) is 16.9. The van der Waals surface area contributed by atoms with Gasteiger partial charge in [0.15, 0.2) is 0 Å². The number of rotatable bonds is 9. The summed E-state index contributed by atoms with van der Waals surface area (Å²) in [6.07, 6.45) is 1.33. The maximum absolute atomic E-state index is 5.38. The largest absolute Gasteiger partial charge is 0.383 e. The highest BCUT2D eigenvalue weighted by Gasteiger charge is 2.23. The van der Waals surface area contributed by atoms with Gasteiger partial charge in [-0.1, -0.05) is 13.8 Å². The van der Waals surface area contributed by atoms with Gasteiger partial charge in [0.2, 0.25) is 0 Å². The van der Waals surface area contributed by atoms with Crippen LogP contribution in [0.25, 0.3) is 0 Å². The molecule has 0 bridgehead atoms. The summed E-state index contributed by atoms with van der Waals surface area (Å²) < 4.78 is 5.38. The van der Waals surface area contributed by atoms with E-state index in [1.54, 1.807) is 7.11 Å². The molecule has 1 N–H and O–H groups in total. The van der Waals surface area contributed by atoms with Gasteiger partial charge in [0.1, 0.15) is 0 Å². The molecule has 1 aliphatic rings. The van der Waals surface area contributed by atoms with Crippen molar-refractivity contribution in [1.82, 2.24) is 15.1 Å². The second-order valence-electron chi connectivity index (χ2n) is 6.52. The molecular formula is C15H33N3O. The van der Waals surface area contributed by atoms with Crippen LogP contribution in [-0.4, -0.2) is 76.4 Å². The van der Waals surface area contributed by atoms with Gasteiger partial charge < -0.3 is 15.0 Å². The maximum atomic E-state index is 5.38. The SMILES string of the molecule is COCC(CNCC(C)C)N(C)CC1CCN(C)C1. The summed E-state index contributed by atoms with van der Waals surface area (Å²) in [6, 6.07) is 0.481. The number of likely N-dealkylation sites (N-methyl/N-ethyl adjacent to an activating group) is 1. The molecule has 0 amide bonds. The Kier molecular flexibility index (Phi) is 7.91. The minimum Gasteiger partial charge on any atom is -0.383 e. The molecule has 114 valence electrons. The summed E-state index contributed by atoms with van der Waals surface area (Å²) in [5.41, 5.74) is 0. The molecule has 1 saturated heterocycles. The van der Waals surface area contributed by atoms with Gasteiger partial charge in [-0.2, -0.15) is 0 Å². The van der Waals surface area contributed by atoms with E-state index in [2.05, 4.69) is 43.1 Å². The van der Waals surface area contributed by atoms with Crippen molar-refractivity contribution in [3.63, 3.8) is 0 Å². The monoisotopic (exact) mass is 271 g/mol. The molecule has 1 heterocycles. The molecule has 0 aliphatic carbocycles. The number of hydrogen-bond donors (Lipinski definition) is 1. The lowest BCUT2D eigenvalue weighted by Crippen LogP contribution is -2.45. The van der Waals surface area contributed by atoms with Crippen molar-refractivity contribution in [3.05, 3.63) is 0 Å². The Labute approximate surface area is 119 Å². The van der Waals surface area contributed by atoms with Crippen molar-refractivity contribution in [2.45, 2.75) is 26.3 Å². The van der Waals surface area contributed by atoms with Crippen molar-refractivity contribution in [3.8, 4) is 0 Å². The molecule has 1 rings (SSSR count). The zero-order valence-electron chi connectivity index (χ0n) is 13.5. The molecule has 0 radical (unpaired) electrons. The zero-order valence-corrected chi connectivity index (χ0v) is 13.5. The van der Waals surface area contributed by atoms with Crippen LogP contribution in [0.5, 0.6) is 0 Å². The van der Waals surface area contributed by atoms with Crippen LogP contribution in [0.3, 0.4) is 0 Å². The van der Waals surface area contributed by atoms with Gasteiger partial charge in [-0.15, -0.1) is 0 Å². The number of ether oxygens (including phenoxy) is 1. The Bertz CT molecular complexity index is 235. The highest BCUT2D eigenvalue weighted by Crippen LogP contribution is 2.16. The van der Waals surface area contributed by atoms with Gasteiger partial charge in [-0.3, -0.25) is 4.90 Å². The molecule has 1 fully saturated rings. The molecule has 0 aromatic carbocycles. The molecule has 4 nitrogen and oxygen atoms in total. The van der Waals surface area contributed by atoms with E-state index < -0.39 is 0 Å². The third-order valence-corrected chi connectivity index (χ3v) is 3.95. The van der Waals surface area contributed by atoms with E-state index in [4.69, 9.17) is 4.74 Å². The van der Waals surface area contributed by atoms with Gasteiger partial charge in [-0.05, 0) is 45.4 Å². The second-order valence-corrected chi connectivity index (χ2v) is 6.52. The fourth-order valence-electron chi connectivity index (χ4n) is 2.80. The van der Waals surface area contributed by atoms with E-state index in [1.165, 1.54) is 26.1 Å². The van der Waals surface area contributed by atoms with Gasteiger partial charge >= 0.3 is 0 Å². The predicted octanol–water partition coefficient (Wildman–Crippen LogP) is 1.13. The summed E-state index contributed by atoms with van der Waals surface area (Å²) in [6.45, 7) is 11.1. The summed E-state index contributed by atoms with van der Waals surface area (Å²) in [5.74, 6) is 1.52. The van der Waals surface area contributed by atoms with Crippen LogP contribution in [0, 0.1) is 11.8 Å². The molecule has 2 unspecified atom stereocenters. The van der Waals surface area contributed by atoms with Crippen molar-refractivity contribution in [2.24, 2.45) is 11.8 Å². The molecule has 0 spiro atoms. The first-order chi connectivity index (χ1) is 9.02. The summed E-state index contributed by atoms with van der Waals surface area (Å²) in [4.78, 5) is 4.90. The fraction of sp³-hybridized carbons (Fsp3) is 1.00. The maximum Gasteiger partial charge on any atom is 0.0630 e. The van der Waals surface area contributed by atoms with Crippen molar-refractivity contribution >= 4 is 0 Å². The number of nitrogens with zero attached hydrogens (tertiary/aromatic N) is 2. The summed E-state index contributed by atoms with van der Waals surface area (Å²) >= 11 is 0. The third-order valence-electron chi connectivity index (χ3n) is 3.95. The smallest absolute Gasteiger partial charge is 0.0630 e. The predicted molar refractivity (Wildman–Crippen MR) is 81.6 cm³/mol. The number of nitrogens with one attached hydrogen (secondary N) is 1. The van der Waals surface area contributed by atoms with Crippen molar-refractivity contribution < 1.29 is 4.74 Å². The standard InChI is InChI=1S/C15H33N3O/c1-13(2)8-16-9-15(12-19-5)18(4)11-14-6-7-17(3)10-14/h13-16H,6-12H2,1-5H3. The molecule has 19 heavy (non-hydrogen) atoms. The Morgan fingerprint density at radius 2 is 2.11 bits per heavy atom. The molecule has 2 atom stereocenters. The van der Waals surface area contributed by atoms with E-state index in [0.717, 1.165) is 25.6 Å². The van der Waals surface area contributed by atoms with Crippen LogP contribution in [-0.2, 0) is 4.74 Å². The molecule has 1 aliphatic heterocycles. The zero-order chi connectivity index (χ0) is 14.3. The van der Waals surface area contributed by atoms with Gasteiger partial charge in [0, 0.05) is 32.8 Å². The van der Waals surface area contributed by atoms with Crippen LogP contribution in [0.2, 0.25) is 0 Å². The lowest BCUT2D eigenvalue weighted by atomic mass is 10.1. The average molecular weight is 271 g/mol. The Balaban J connectivity index is 2.32. The second kappa shape index (κ2) is 8.90. The van der Waals surface area contributed by atoms with Crippen LogP contribution < -0.4 is 5.32 Å². The summed E-state index contributed by atoms with van der Waals surface area (Å²) in [7, 11) is 6.25. The Morgan fingerprint density at radius 3 is 2.63 bits per heavy atom. The lowest BCUT2D eigenvalue weighted by molar-refractivity contribution is 0.0957. The highest BCUT2D eigenvalue weighted by molar-refractivity contribution is 4.79. The van der Waals surface area contributed by atoms with E-state index in [1.807, 2.05) is 0 Å². The van der Waals surface area contributed by atoms with Gasteiger partial charge in [0.25, 0.3) is 0 Å². The van der Waals surface area contributed by atoms with Crippen LogP contribution >= 0.6 is 0 Å². The van der Waals surface area contributed by atoms with Crippen LogP contribution in [0.15, 0.2) is 0 Å². The first-order valence-corrected chi connectivity index (χ1v) is 7.61. The normalized spacial score (nSPS) is 22.6. The number of hydrogen-bond acceptors (Lipinski definition) is 4. The van der Waals surface area contributed by atoms with Crippen LogP contribution in [0.1, 0.15) is 20.3 Å². The van der Waals surface area contributed by atoms with Crippen LogP contribution in [0.4, 0.5) is 0 Å².